The lowest BCUT2D eigenvalue weighted by Crippen LogP contribution is -2.22. The Morgan fingerprint density at radius 2 is 1.86 bits per heavy atom. The normalized spacial score (nSPS) is 22.2. The highest BCUT2D eigenvalue weighted by atomic mass is 19.4. The Kier molecular flexibility index (Phi) is 4.34. The molecule has 1 aromatic rings. The molecule has 0 aromatic heterocycles. The van der Waals surface area contributed by atoms with Crippen molar-refractivity contribution in [1.29, 1.82) is 0 Å². The molecule has 21 heavy (non-hydrogen) atoms. The number of aliphatic carboxylic acids is 1. The van der Waals surface area contributed by atoms with E-state index in [0.717, 1.165) is 12.1 Å². The van der Waals surface area contributed by atoms with Crippen LogP contribution in [0.3, 0.4) is 0 Å². The van der Waals surface area contributed by atoms with Crippen LogP contribution in [-0.4, -0.2) is 16.9 Å². The lowest BCUT2D eigenvalue weighted by atomic mass is 9.88. The Bertz CT molecular complexity index is 551. The number of rotatable bonds is 4. The molecule has 6 heteroatoms. The first kappa shape index (κ1) is 15.5. The standard InChI is InChI=1S/C15H15F3O3/c16-15(17,18)12-7-2-1-5-11(12)13(19)8-9-4-3-6-10(9)14(20)21/h1-2,5,7,9-10H,3-4,6,8H2,(H,20,21)/t9-,10+/m0/s1. The molecule has 114 valence electrons. The zero-order valence-corrected chi connectivity index (χ0v) is 11.2. The van der Waals surface area contributed by atoms with Crippen molar-refractivity contribution in [3.05, 3.63) is 35.4 Å². The number of carboxylic acids is 1. The topological polar surface area (TPSA) is 54.4 Å². The summed E-state index contributed by atoms with van der Waals surface area (Å²) in [5.74, 6) is -2.63. The van der Waals surface area contributed by atoms with E-state index in [1.165, 1.54) is 12.1 Å². The second kappa shape index (κ2) is 5.87. The van der Waals surface area contributed by atoms with Gasteiger partial charge < -0.3 is 5.11 Å². The van der Waals surface area contributed by atoms with Crippen molar-refractivity contribution < 1.29 is 27.9 Å². The van der Waals surface area contributed by atoms with Crippen molar-refractivity contribution in [1.82, 2.24) is 0 Å². The first-order valence-electron chi connectivity index (χ1n) is 6.73. The van der Waals surface area contributed by atoms with Gasteiger partial charge in [0, 0.05) is 12.0 Å². The SMILES string of the molecule is O=C(C[C@@H]1CCC[C@H]1C(=O)O)c1ccccc1C(F)(F)F. The maximum atomic E-state index is 12.9. The summed E-state index contributed by atoms with van der Waals surface area (Å²) >= 11 is 0. The average Bonchev–Trinajstić information content (AvgIpc) is 2.86. The average molecular weight is 300 g/mol. The molecule has 0 radical (unpaired) electrons. The van der Waals surface area contributed by atoms with Crippen LogP contribution in [0.25, 0.3) is 0 Å². The van der Waals surface area contributed by atoms with E-state index in [0.29, 0.717) is 19.3 Å². The fourth-order valence-electron chi connectivity index (χ4n) is 2.93. The number of Topliss-reactive ketones (excluding diaryl/α,β-unsaturated/α-hetero) is 1. The molecule has 1 N–H and O–H groups in total. The van der Waals surface area contributed by atoms with E-state index in [2.05, 4.69) is 0 Å². The van der Waals surface area contributed by atoms with Crippen LogP contribution < -0.4 is 0 Å². The zero-order valence-electron chi connectivity index (χ0n) is 11.2. The largest absolute Gasteiger partial charge is 0.481 e. The van der Waals surface area contributed by atoms with Crippen molar-refractivity contribution in [2.75, 3.05) is 0 Å². The van der Waals surface area contributed by atoms with Crippen LogP contribution >= 0.6 is 0 Å². The summed E-state index contributed by atoms with van der Waals surface area (Å²) < 4.78 is 38.6. The van der Waals surface area contributed by atoms with Crippen molar-refractivity contribution in [2.45, 2.75) is 31.9 Å². The summed E-state index contributed by atoms with van der Waals surface area (Å²) in [7, 11) is 0. The van der Waals surface area contributed by atoms with Gasteiger partial charge in [0.25, 0.3) is 0 Å². The van der Waals surface area contributed by atoms with E-state index in [1.807, 2.05) is 0 Å². The Labute approximate surface area is 119 Å². The van der Waals surface area contributed by atoms with Crippen molar-refractivity contribution in [3.63, 3.8) is 0 Å². The molecule has 2 rings (SSSR count). The maximum Gasteiger partial charge on any atom is 0.417 e. The number of carbonyl (C=O) groups excluding carboxylic acids is 1. The van der Waals surface area contributed by atoms with E-state index in [4.69, 9.17) is 5.11 Å². The van der Waals surface area contributed by atoms with Gasteiger partial charge >= 0.3 is 12.1 Å². The van der Waals surface area contributed by atoms with Crippen LogP contribution in [-0.2, 0) is 11.0 Å². The van der Waals surface area contributed by atoms with Gasteiger partial charge in [0.2, 0.25) is 0 Å². The second-order valence-corrected chi connectivity index (χ2v) is 5.31. The Balaban J connectivity index is 2.20. The number of ketones is 1. The van der Waals surface area contributed by atoms with Gasteiger partial charge in [-0.15, -0.1) is 0 Å². The molecular formula is C15H15F3O3. The molecule has 2 atom stereocenters. The number of halogens is 3. The van der Waals surface area contributed by atoms with Crippen LogP contribution in [0.5, 0.6) is 0 Å². The van der Waals surface area contributed by atoms with Gasteiger partial charge in [-0.25, -0.2) is 0 Å². The van der Waals surface area contributed by atoms with E-state index in [1.54, 1.807) is 0 Å². The third-order valence-corrected chi connectivity index (χ3v) is 3.96. The first-order valence-corrected chi connectivity index (χ1v) is 6.73. The molecule has 0 saturated heterocycles. The van der Waals surface area contributed by atoms with Gasteiger partial charge in [-0.05, 0) is 24.8 Å². The summed E-state index contributed by atoms with van der Waals surface area (Å²) in [6, 6.07) is 4.63. The third kappa shape index (κ3) is 3.43. The van der Waals surface area contributed by atoms with Gasteiger partial charge in [0.05, 0.1) is 11.5 Å². The van der Waals surface area contributed by atoms with Gasteiger partial charge in [-0.1, -0.05) is 24.6 Å². The van der Waals surface area contributed by atoms with E-state index >= 15 is 0 Å². The summed E-state index contributed by atoms with van der Waals surface area (Å²) in [4.78, 5) is 23.2. The lowest BCUT2D eigenvalue weighted by molar-refractivity contribution is -0.143. The van der Waals surface area contributed by atoms with Gasteiger partial charge in [-0.3, -0.25) is 9.59 Å². The van der Waals surface area contributed by atoms with Gasteiger partial charge in [0.1, 0.15) is 0 Å². The summed E-state index contributed by atoms with van der Waals surface area (Å²) in [6.45, 7) is 0. The molecular weight excluding hydrogens is 285 g/mol. The monoisotopic (exact) mass is 300 g/mol. The Morgan fingerprint density at radius 1 is 1.19 bits per heavy atom. The van der Waals surface area contributed by atoms with Crippen LogP contribution in [0, 0.1) is 11.8 Å². The summed E-state index contributed by atoms with van der Waals surface area (Å²) in [5, 5.41) is 9.06. The third-order valence-electron chi connectivity index (χ3n) is 3.96. The number of carboxylic acid groups (broad SMARTS) is 1. The molecule has 0 spiro atoms. The predicted octanol–water partition coefficient (Wildman–Crippen LogP) is 3.78. The molecule has 1 aliphatic rings. The number of alkyl halides is 3. The van der Waals surface area contributed by atoms with Crippen molar-refractivity contribution in [3.8, 4) is 0 Å². The number of hydrogen-bond donors (Lipinski definition) is 1. The van der Waals surface area contributed by atoms with Crippen molar-refractivity contribution >= 4 is 11.8 Å². The fraction of sp³-hybridized carbons (Fsp3) is 0.467. The molecule has 0 bridgehead atoms. The van der Waals surface area contributed by atoms with Crippen LogP contribution in [0.4, 0.5) is 13.2 Å². The van der Waals surface area contributed by atoms with Crippen molar-refractivity contribution in [2.24, 2.45) is 11.8 Å². The minimum Gasteiger partial charge on any atom is -0.481 e. The summed E-state index contributed by atoms with van der Waals surface area (Å²) in [5.41, 5.74) is -1.33. The Hall–Kier alpha value is -1.85. The zero-order chi connectivity index (χ0) is 15.6. The number of benzene rings is 1. The molecule has 0 aliphatic heterocycles. The van der Waals surface area contributed by atoms with Gasteiger partial charge in [-0.2, -0.15) is 13.2 Å². The molecule has 0 unspecified atom stereocenters. The van der Waals surface area contributed by atoms with E-state index < -0.39 is 29.4 Å². The smallest absolute Gasteiger partial charge is 0.417 e. The molecule has 0 heterocycles. The predicted molar refractivity (Wildman–Crippen MR) is 68.9 cm³/mol. The minimum atomic E-state index is -4.59. The highest BCUT2D eigenvalue weighted by Gasteiger charge is 2.38. The second-order valence-electron chi connectivity index (χ2n) is 5.31. The lowest BCUT2D eigenvalue weighted by Gasteiger charge is -2.16. The summed E-state index contributed by atoms with van der Waals surface area (Å²) in [6.07, 6.45) is -3.00. The molecule has 3 nitrogen and oxygen atoms in total. The Morgan fingerprint density at radius 3 is 2.48 bits per heavy atom. The highest BCUT2D eigenvalue weighted by molar-refractivity contribution is 5.98. The van der Waals surface area contributed by atoms with Crippen LogP contribution in [0.2, 0.25) is 0 Å². The van der Waals surface area contributed by atoms with E-state index in [-0.39, 0.29) is 17.9 Å². The number of carbonyl (C=O) groups is 2. The van der Waals surface area contributed by atoms with Crippen LogP contribution in [0.15, 0.2) is 24.3 Å². The van der Waals surface area contributed by atoms with Crippen LogP contribution in [0.1, 0.15) is 41.6 Å². The molecule has 1 fully saturated rings. The molecule has 0 amide bonds. The minimum absolute atomic E-state index is 0.149. The highest BCUT2D eigenvalue weighted by Crippen LogP contribution is 2.37. The van der Waals surface area contributed by atoms with Gasteiger partial charge in [0.15, 0.2) is 5.78 Å². The molecule has 1 saturated carbocycles. The first-order chi connectivity index (χ1) is 9.80. The molecule has 1 aromatic carbocycles. The number of hydrogen-bond acceptors (Lipinski definition) is 2. The molecule has 1 aliphatic carbocycles. The quantitative estimate of drug-likeness (QED) is 0.861. The maximum absolute atomic E-state index is 12.9. The fourth-order valence-corrected chi connectivity index (χ4v) is 2.93. The van der Waals surface area contributed by atoms with E-state index in [9.17, 15) is 22.8 Å².